The summed E-state index contributed by atoms with van der Waals surface area (Å²) < 4.78 is 0. The molecule has 4 rings (SSSR count). The van der Waals surface area contributed by atoms with Crippen molar-refractivity contribution in [2.24, 2.45) is 40.9 Å². The Kier molecular flexibility index (Phi) is 3.34. The van der Waals surface area contributed by atoms with E-state index < -0.39 is 0 Å². The van der Waals surface area contributed by atoms with Gasteiger partial charge in [-0.3, -0.25) is 4.79 Å². The van der Waals surface area contributed by atoms with E-state index >= 15 is 0 Å². The fraction of sp³-hybridized carbons (Fsp3) is 0.714. The van der Waals surface area contributed by atoms with Gasteiger partial charge in [0.1, 0.15) is 0 Å². The Morgan fingerprint density at radius 3 is 2.87 bits per heavy atom. The van der Waals surface area contributed by atoms with E-state index in [1.807, 2.05) is 6.08 Å². The van der Waals surface area contributed by atoms with Crippen molar-refractivity contribution in [3.8, 4) is 6.07 Å². The van der Waals surface area contributed by atoms with Gasteiger partial charge in [-0.1, -0.05) is 31.6 Å². The molecule has 7 atom stereocenters. The molecule has 0 heterocycles. The van der Waals surface area contributed by atoms with Gasteiger partial charge in [-0.15, -0.1) is 0 Å². The number of fused-ring (bicyclic) bond motifs is 5. The van der Waals surface area contributed by atoms with Gasteiger partial charge in [-0.2, -0.15) is 5.26 Å². The van der Waals surface area contributed by atoms with Crippen LogP contribution in [0.2, 0.25) is 0 Å². The summed E-state index contributed by atoms with van der Waals surface area (Å²) >= 11 is 0. The first-order valence-electron chi connectivity index (χ1n) is 9.26. The predicted octanol–water partition coefficient (Wildman–Crippen LogP) is 4.68. The summed E-state index contributed by atoms with van der Waals surface area (Å²) in [5.74, 6) is 3.69. The lowest BCUT2D eigenvalue weighted by Gasteiger charge is -2.55. The third-order valence-corrected chi connectivity index (χ3v) is 7.76. The van der Waals surface area contributed by atoms with Crippen molar-refractivity contribution in [2.45, 2.75) is 52.4 Å². The van der Waals surface area contributed by atoms with Crippen LogP contribution in [0.25, 0.3) is 0 Å². The maximum absolute atomic E-state index is 11.8. The van der Waals surface area contributed by atoms with Crippen LogP contribution < -0.4 is 0 Å². The second kappa shape index (κ2) is 5.07. The molecule has 0 aromatic heterocycles. The Balaban J connectivity index is 1.71. The first kappa shape index (κ1) is 15.2. The van der Waals surface area contributed by atoms with E-state index in [0.29, 0.717) is 29.5 Å². The highest BCUT2D eigenvalue weighted by atomic mass is 16.1. The zero-order valence-corrected chi connectivity index (χ0v) is 14.3. The van der Waals surface area contributed by atoms with Crippen molar-refractivity contribution in [1.82, 2.24) is 0 Å². The van der Waals surface area contributed by atoms with Crippen LogP contribution in [0.3, 0.4) is 0 Å². The SMILES string of the molecule is C=C1C[C@H]2[C@H]3[C@H](CC[C@]2(C)[C@H]1C#N)[C@H]1CCC(=O)C=C1C[C@@H]3C. The number of allylic oxidation sites excluding steroid dienone is 2. The molecule has 0 bridgehead atoms. The summed E-state index contributed by atoms with van der Waals surface area (Å²) in [7, 11) is 0. The maximum Gasteiger partial charge on any atom is 0.155 e. The van der Waals surface area contributed by atoms with Gasteiger partial charge in [-0.05, 0) is 73.2 Å². The molecule has 0 amide bonds. The van der Waals surface area contributed by atoms with E-state index in [2.05, 4.69) is 26.5 Å². The number of carbonyl (C=O) groups is 1. The lowest BCUT2D eigenvalue weighted by Crippen LogP contribution is -2.49. The largest absolute Gasteiger partial charge is 0.295 e. The number of hydrogen-bond donors (Lipinski definition) is 0. The van der Waals surface area contributed by atoms with Crippen molar-refractivity contribution in [3.05, 3.63) is 23.8 Å². The highest BCUT2D eigenvalue weighted by Gasteiger charge is 2.59. The smallest absolute Gasteiger partial charge is 0.155 e. The lowest BCUT2D eigenvalue weighted by atomic mass is 9.49. The van der Waals surface area contributed by atoms with Crippen LogP contribution in [-0.4, -0.2) is 5.78 Å². The summed E-state index contributed by atoms with van der Waals surface area (Å²) in [6.45, 7) is 8.98. The molecule has 122 valence electrons. The van der Waals surface area contributed by atoms with Crippen LogP contribution >= 0.6 is 0 Å². The normalized spacial score (nSPS) is 48.8. The first-order valence-corrected chi connectivity index (χ1v) is 9.26. The van der Waals surface area contributed by atoms with Crippen LogP contribution in [0, 0.1) is 52.3 Å². The highest BCUT2D eigenvalue weighted by Crippen LogP contribution is 2.65. The standard InChI is InChI=1S/C21H27NO/c1-12-9-18-20-13(2)8-14-10-15(23)4-5-16(14)17(20)6-7-21(18,3)19(12)11-22/h10,13,16-20H,1,4-9H2,2-3H3/t13-,16-,17+,18-,19-,20+,21-/m0/s1. The van der Waals surface area contributed by atoms with Gasteiger partial charge in [0.2, 0.25) is 0 Å². The summed E-state index contributed by atoms with van der Waals surface area (Å²) in [5.41, 5.74) is 2.74. The minimum absolute atomic E-state index is 0.0468. The summed E-state index contributed by atoms with van der Waals surface area (Å²) in [5, 5.41) is 9.66. The molecule has 2 nitrogen and oxygen atoms in total. The molecule has 0 aromatic rings. The number of hydrogen-bond acceptors (Lipinski definition) is 2. The molecular formula is C21H27NO. The van der Waals surface area contributed by atoms with E-state index in [-0.39, 0.29) is 11.3 Å². The van der Waals surface area contributed by atoms with Crippen LogP contribution in [0.15, 0.2) is 23.8 Å². The first-order chi connectivity index (χ1) is 11.0. The number of nitrogens with zero attached hydrogens (tertiary/aromatic N) is 1. The average molecular weight is 309 g/mol. The lowest BCUT2D eigenvalue weighted by molar-refractivity contribution is -0.116. The van der Waals surface area contributed by atoms with Crippen molar-refractivity contribution in [3.63, 3.8) is 0 Å². The number of rotatable bonds is 0. The summed E-state index contributed by atoms with van der Waals surface area (Å²) in [4.78, 5) is 11.8. The van der Waals surface area contributed by atoms with Gasteiger partial charge < -0.3 is 0 Å². The topological polar surface area (TPSA) is 40.9 Å². The van der Waals surface area contributed by atoms with Crippen molar-refractivity contribution in [2.75, 3.05) is 0 Å². The molecule has 2 heteroatoms. The van der Waals surface area contributed by atoms with Gasteiger partial charge in [0, 0.05) is 6.42 Å². The van der Waals surface area contributed by atoms with E-state index in [1.54, 1.807) is 0 Å². The third kappa shape index (κ3) is 2.02. The van der Waals surface area contributed by atoms with Gasteiger partial charge >= 0.3 is 0 Å². The number of ketones is 1. The molecule has 0 radical (unpaired) electrons. The second-order valence-electron chi connectivity index (χ2n) is 8.83. The van der Waals surface area contributed by atoms with Gasteiger partial charge in [0.05, 0.1) is 12.0 Å². The molecule has 0 N–H and O–H groups in total. The molecule has 0 saturated heterocycles. The Morgan fingerprint density at radius 2 is 2.13 bits per heavy atom. The zero-order valence-electron chi connectivity index (χ0n) is 14.3. The van der Waals surface area contributed by atoms with Gasteiger partial charge in [0.25, 0.3) is 0 Å². The molecule has 0 unspecified atom stereocenters. The minimum Gasteiger partial charge on any atom is -0.295 e. The predicted molar refractivity (Wildman–Crippen MR) is 90.3 cm³/mol. The highest BCUT2D eigenvalue weighted by molar-refractivity contribution is 5.91. The molecule has 23 heavy (non-hydrogen) atoms. The molecule has 0 aliphatic heterocycles. The molecule has 0 spiro atoms. The van der Waals surface area contributed by atoms with Crippen LogP contribution in [0.4, 0.5) is 0 Å². The Hall–Kier alpha value is -1.36. The molecule has 0 aromatic carbocycles. The number of nitriles is 1. The fourth-order valence-corrected chi connectivity index (χ4v) is 6.79. The molecule has 3 saturated carbocycles. The second-order valence-corrected chi connectivity index (χ2v) is 8.83. The molecule has 3 fully saturated rings. The molecule has 4 aliphatic rings. The average Bonchev–Trinajstić information content (AvgIpc) is 2.76. The Morgan fingerprint density at radius 1 is 1.35 bits per heavy atom. The van der Waals surface area contributed by atoms with Crippen molar-refractivity contribution < 1.29 is 4.79 Å². The quantitative estimate of drug-likeness (QED) is 0.610. The maximum atomic E-state index is 11.8. The number of carbonyl (C=O) groups excluding carboxylic acids is 1. The summed E-state index contributed by atoms with van der Waals surface area (Å²) in [6.07, 6.45) is 8.29. The van der Waals surface area contributed by atoms with Gasteiger partial charge in [-0.25, -0.2) is 0 Å². The van der Waals surface area contributed by atoms with Crippen LogP contribution in [0.5, 0.6) is 0 Å². The zero-order chi connectivity index (χ0) is 16.4. The fourth-order valence-electron chi connectivity index (χ4n) is 6.79. The van der Waals surface area contributed by atoms with E-state index in [9.17, 15) is 10.1 Å². The van der Waals surface area contributed by atoms with Crippen LogP contribution in [0.1, 0.15) is 52.4 Å². The molecule has 4 aliphatic carbocycles. The van der Waals surface area contributed by atoms with Gasteiger partial charge in [0.15, 0.2) is 5.78 Å². The minimum atomic E-state index is 0.0468. The van der Waals surface area contributed by atoms with Crippen molar-refractivity contribution >= 4 is 5.78 Å². The third-order valence-electron chi connectivity index (χ3n) is 7.76. The Labute approximate surface area is 139 Å². The molecular weight excluding hydrogens is 282 g/mol. The Bertz CT molecular complexity index is 639. The van der Waals surface area contributed by atoms with E-state index in [0.717, 1.165) is 38.0 Å². The van der Waals surface area contributed by atoms with Crippen LogP contribution in [-0.2, 0) is 4.79 Å². The van der Waals surface area contributed by atoms with Crippen molar-refractivity contribution in [1.29, 1.82) is 5.26 Å². The summed E-state index contributed by atoms with van der Waals surface area (Å²) in [6, 6.07) is 2.57. The van der Waals surface area contributed by atoms with E-state index in [4.69, 9.17) is 0 Å². The monoisotopic (exact) mass is 309 g/mol. The van der Waals surface area contributed by atoms with E-state index in [1.165, 1.54) is 17.6 Å².